The van der Waals surface area contributed by atoms with Gasteiger partial charge in [-0.3, -0.25) is 0 Å². The lowest BCUT2D eigenvalue weighted by atomic mass is 10.3. The molecular weight excluding hydrogens is 271 g/mol. The number of benzene rings is 1. The molecule has 0 atom stereocenters. The zero-order valence-corrected chi connectivity index (χ0v) is 11.5. The quantitative estimate of drug-likeness (QED) is 0.605. The minimum absolute atomic E-state index is 0.0789. The van der Waals surface area contributed by atoms with Crippen molar-refractivity contribution >= 4 is 15.7 Å². The second-order valence-corrected chi connectivity index (χ2v) is 5.74. The summed E-state index contributed by atoms with van der Waals surface area (Å²) in [6, 6.07) is 3.48. The summed E-state index contributed by atoms with van der Waals surface area (Å²) in [4.78, 5) is -0.403. The highest BCUT2D eigenvalue weighted by molar-refractivity contribution is 7.89. The Morgan fingerprint density at radius 3 is 2.74 bits per heavy atom. The zero-order chi connectivity index (χ0) is 14.5. The first-order chi connectivity index (χ1) is 8.93. The first kappa shape index (κ1) is 15.6. The Morgan fingerprint density at radius 1 is 1.53 bits per heavy atom. The molecule has 0 aliphatic rings. The van der Waals surface area contributed by atoms with Gasteiger partial charge in [-0.25, -0.2) is 12.8 Å². The summed E-state index contributed by atoms with van der Waals surface area (Å²) in [5.41, 5.74) is 5.57. The topological polar surface area (TPSA) is 72.6 Å². The number of nitrogen functional groups attached to an aromatic ring is 1. The number of anilines is 1. The molecule has 0 bridgehead atoms. The van der Waals surface area contributed by atoms with Crippen molar-refractivity contribution in [1.29, 1.82) is 0 Å². The van der Waals surface area contributed by atoms with Crippen LogP contribution in [0, 0.1) is 5.82 Å². The van der Waals surface area contributed by atoms with Crippen LogP contribution < -0.4 is 5.73 Å². The number of nitrogens with zero attached hydrogens (tertiary/aromatic N) is 1. The highest BCUT2D eigenvalue weighted by atomic mass is 32.2. The molecule has 0 saturated heterocycles. The summed E-state index contributed by atoms with van der Waals surface area (Å²) >= 11 is 0. The molecule has 7 heteroatoms. The summed E-state index contributed by atoms with van der Waals surface area (Å²) in [6.45, 7) is 3.90. The molecule has 0 amide bonds. The van der Waals surface area contributed by atoms with E-state index in [1.165, 1.54) is 19.3 Å². The Kier molecular flexibility index (Phi) is 5.46. The van der Waals surface area contributed by atoms with E-state index in [2.05, 4.69) is 6.58 Å². The second kappa shape index (κ2) is 6.65. The molecule has 1 aromatic carbocycles. The lowest BCUT2D eigenvalue weighted by Crippen LogP contribution is -2.34. The van der Waals surface area contributed by atoms with Crippen LogP contribution in [0.5, 0.6) is 0 Å². The molecule has 0 fully saturated rings. The third kappa shape index (κ3) is 3.76. The van der Waals surface area contributed by atoms with Gasteiger partial charge in [0, 0.05) is 25.9 Å². The van der Waals surface area contributed by atoms with Crippen LogP contribution in [0.25, 0.3) is 0 Å². The lowest BCUT2D eigenvalue weighted by Gasteiger charge is -2.20. The molecule has 0 saturated carbocycles. The van der Waals surface area contributed by atoms with Crippen LogP contribution in [0.4, 0.5) is 10.1 Å². The number of ether oxygens (including phenoxy) is 1. The van der Waals surface area contributed by atoms with E-state index in [9.17, 15) is 12.8 Å². The minimum Gasteiger partial charge on any atom is -0.399 e. The van der Waals surface area contributed by atoms with E-state index in [-0.39, 0.29) is 25.4 Å². The normalized spacial score (nSPS) is 11.7. The van der Waals surface area contributed by atoms with Gasteiger partial charge in [-0.1, -0.05) is 6.08 Å². The van der Waals surface area contributed by atoms with Gasteiger partial charge in [0.25, 0.3) is 0 Å². The fourth-order valence-electron chi connectivity index (χ4n) is 1.51. The van der Waals surface area contributed by atoms with Gasteiger partial charge in [-0.15, -0.1) is 6.58 Å². The number of nitrogens with two attached hydrogens (primary N) is 1. The molecule has 0 radical (unpaired) electrons. The van der Waals surface area contributed by atoms with E-state index in [1.54, 1.807) is 0 Å². The molecule has 19 heavy (non-hydrogen) atoms. The number of rotatable bonds is 7. The Bertz CT molecular complexity index is 546. The number of sulfonamides is 1. The Hall–Kier alpha value is -1.44. The lowest BCUT2D eigenvalue weighted by molar-refractivity contribution is 0.182. The number of hydrogen-bond acceptors (Lipinski definition) is 4. The van der Waals surface area contributed by atoms with Gasteiger partial charge < -0.3 is 10.5 Å². The summed E-state index contributed by atoms with van der Waals surface area (Å²) in [6.07, 6.45) is 1.43. The summed E-state index contributed by atoms with van der Waals surface area (Å²) in [5, 5.41) is 0. The largest absolute Gasteiger partial charge is 0.399 e. The maximum absolute atomic E-state index is 13.7. The van der Waals surface area contributed by atoms with Gasteiger partial charge in [-0.05, 0) is 18.2 Å². The van der Waals surface area contributed by atoms with Crippen LogP contribution in [0.15, 0.2) is 35.7 Å². The maximum Gasteiger partial charge on any atom is 0.246 e. The van der Waals surface area contributed by atoms with Crippen LogP contribution in [0.2, 0.25) is 0 Å². The molecule has 0 spiro atoms. The smallest absolute Gasteiger partial charge is 0.246 e. The molecule has 0 heterocycles. The van der Waals surface area contributed by atoms with E-state index >= 15 is 0 Å². The van der Waals surface area contributed by atoms with Crippen LogP contribution in [0.1, 0.15) is 0 Å². The van der Waals surface area contributed by atoms with Crippen molar-refractivity contribution < 1.29 is 17.5 Å². The fourth-order valence-corrected chi connectivity index (χ4v) is 2.95. The van der Waals surface area contributed by atoms with Gasteiger partial charge in [0.2, 0.25) is 10.0 Å². The first-order valence-corrected chi connectivity index (χ1v) is 7.02. The van der Waals surface area contributed by atoms with Crippen molar-refractivity contribution in [2.45, 2.75) is 4.90 Å². The maximum atomic E-state index is 13.7. The molecule has 0 unspecified atom stereocenters. The van der Waals surface area contributed by atoms with E-state index < -0.39 is 20.7 Å². The SMILES string of the molecule is C=CCN(CCOC)S(=O)(=O)c1ccc(N)cc1F. The monoisotopic (exact) mass is 288 g/mol. The summed E-state index contributed by atoms with van der Waals surface area (Å²) in [5.74, 6) is -0.869. The van der Waals surface area contributed by atoms with Crippen molar-refractivity contribution in [3.63, 3.8) is 0 Å². The molecule has 106 valence electrons. The van der Waals surface area contributed by atoms with Gasteiger partial charge >= 0.3 is 0 Å². The van der Waals surface area contributed by atoms with E-state index in [0.29, 0.717) is 0 Å². The highest BCUT2D eigenvalue weighted by Crippen LogP contribution is 2.21. The Balaban J connectivity index is 3.14. The number of methoxy groups -OCH3 is 1. The molecule has 1 aromatic rings. The first-order valence-electron chi connectivity index (χ1n) is 5.58. The molecule has 0 aliphatic heterocycles. The van der Waals surface area contributed by atoms with Crippen molar-refractivity contribution in [3.05, 3.63) is 36.7 Å². The number of hydrogen-bond donors (Lipinski definition) is 1. The molecule has 5 nitrogen and oxygen atoms in total. The van der Waals surface area contributed by atoms with Crippen LogP contribution in [0.3, 0.4) is 0 Å². The predicted octanol–water partition coefficient (Wildman–Crippen LogP) is 1.23. The van der Waals surface area contributed by atoms with Crippen LogP contribution in [-0.4, -0.2) is 39.5 Å². The predicted molar refractivity (Wildman–Crippen MR) is 71.6 cm³/mol. The van der Waals surface area contributed by atoms with Gasteiger partial charge in [-0.2, -0.15) is 4.31 Å². The average molecular weight is 288 g/mol. The molecule has 2 N–H and O–H groups in total. The molecular formula is C12H17FN2O3S. The Labute approximate surface area is 112 Å². The molecule has 0 aromatic heterocycles. The van der Waals surface area contributed by atoms with Gasteiger partial charge in [0.1, 0.15) is 10.7 Å². The van der Waals surface area contributed by atoms with Crippen molar-refractivity contribution in [3.8, 4) is 0 Å². The van der Waals surface area contributed by atoms with E-state index in [0.717, 1.165) is 16.4 Å². The molecule has 1 rings (SSSR count). The standard InChI is InChI=1S/C12H17FN2O3S/c1-3-6-15(7-8-18-2)19(16,17)12-5-4-10(14)9-11(12)13/h3-5,9H,1,6-8,14H2,2H3. The van der Waals surface area contributed by atoms with Crippen molar-refractivity contribution in [2.75, 3.05) is 32.5 Å². The minimum atomic E-state index is -3.93. The third-order valence-corrected chi connectivity index (χ3v) is 4.35. The fraction of sp³-hybridized carbons (Fsp3) is 0.333. The average Bonchev–Trinajstić information content (AvgIpc) is 2.33. The second-order valence-electron chi connectivity index (χ2n) is 3.83. The molecule has 0 aliphatic carbocycles. The zero-order valence-electron chi connectivity index (χ0n) is 10.7. The summed E-state index contributed by atoms with van der Waals surface area (Å²) in [7, 11) is -2.47. The van der Waals surface area contributed by atoms with Crippen LogP contribution in [-0.2, 0) is 14.8 Å². The van der Waals surface area contributed by atoms with Gasteiger partial charge in [0.15, 0.2) is 0 Å². The van der Waals surface area contributed by atoms with Crippen molar-refractivity contribution in [1.82, 2.24) is 4.31 Å². The van der Waals surface area contributed by atoms with E-state index in [1.807, 2.05) is 0 Å². The third-order valence-electron chi connectivity index (χ3n) is 2.45. The summed E-state index contributed by atoms with van der Waals surface area (Å²) < 4.78 is 44.3. The Morgan fingerprint density at radius 2 is 2.21 bits per heavy atom. The van der Waals surface area contributed by atoms with Crippen molar-refractivity contribution in [2.24, 2.45) is 0 Å². The van der Waals surface area contributed by atoms with Crippen LogP contribution >= 0.6 is 0 Å². The number of halogens is 1. The van der Waals surface area contributed by atoms with Gasteiger partial charge in [0.05, 0.1) is 6.61 Å². The van der Waals surface area contributed by atoms with E-state index in [4.69, 9.17) is 10.5 Å². The highest BCUT2D eigenvalue weighted by Gasteiger charge is 2.26.